The van der Waals surface area contributed by atoms with Crippen LogP contribution in [0.5, 0.6) is 5.75 Å². The van der Waals surface area contributed by atoms with Gasteiger partial charge < -0.3 is 25.2 Å². The molecule has 47 heavy (non-hydrogen) atoms. The first-order chi connectivity index (χ1) is 22.1. The Morgan fingerprint density at radius 2 is 1.66 bits per heavy atom. The number of hydrogen-bond donors (Lipinski definition) is 3. The molecule has 5 rings (SSSR count). The average Bonchev–Trinajstić information content (AvgIpc) is 3.47. The summed E-state index contributed by atoms with van der Waals surface area (Å²) in [5.41, 5.74) is 1.69. The molecule has 9 nitrogen and oxygen atoms in total. The van der Waals surface area contributed by atoms with E-state index in [1.807, 2.05) is 51.1 Å². The summed E-state index contributed by atoms with van der Waals surface area (Å²) in [5.74, 6) is -1.04. The van der Waals surface area contributed by atoms with E-state index in [0.29, 0.717) is 29.4 Å². The van der Waals surface area contributed by atoms with Crippen molar-refractivity contribution in [1.29, 1.82) is 0 Å². The number of phenolic OH excluding ortho intramolecular Hbond substituents is 1. The topological polar surface area (TPSA) is 125 Å². The number of aliphatic hydroxyl groups excluding tert-OH is 1. The number of aromatic nitrogens is 2. The molecular formula is C36H41FN4O5S. The lowest BCUT2D eigenvalue weighted by molar-refractivity contribution is -0.214. The van der Waals surface area contributed by atoms with E-state index in [-0.39, 0.29) is 40.9 Å². The molecular weight excluding hydrogens is 619 g/mol. The molecule has 2 aromatic carbocycles. The normalized spacial score (nSPS) is 15.2. The number of amides is 2. The van der Waals surface area contributed by atoms with Crippen LogP contribution in [-0.2, 0) is 21.4 Å². The molecule has 1 unspecified atom stereocenters. The second kappa shape index (κ2) is 13.5. The van der Waals surface area contributed by atoms with Crippen molar-refractivity contribution in [2.24, 2.45) is 5.92 Å². The lowest BCUT2D eigenvalue weighted by atomic mass is 9.95. The van der Waals surface area contributed by atoms with Crippen molar-refractivity contribution in [3.05, 3.63) is 88.1 Å². The van der Waals surface area contributed by atoms with Crippen LogP contribution >= 0.6 is 11.3 Å². The van der Waals surface area contributed by atoms with Crippen LogP contribution in [0.15, 0.2) is 67.0 Å². The molecule has 1 aliphatic rings. The number of carbonyl (C=O) groups excluding carboxylic acids is 2. The predicted octanol–water partition coefficient (Wildman–Crippen LogP) is 5.95. The van der Waals surface area contributed by atoms with Crippen molar-refractivity contribution in [2.45, 2.75) is 71.3 Å². The van der Waals surface area contributed by atoms with Gasteiger partial charge in [0, 0.05) is 65.5 Å². The molecule has 0 saturated carbocycles. The molecule has 4 aromatic rings. The second-order valence-electron chi connectivity index (χ2n) is 13.9. The fourth-order valence-electron chi connectivity index (χ4n) is 5.22. The first kappa shape index (κ1) is 34.2. The lowest BCUT2D eigenvalue weighted by Gasteiger charge is -2.44. The number of aliphatic hydroxyl groups is 1. The molecule has 2 atom stereocenters. The Kier molecular flexibility index (Phi) is 9.81. The van der Waals surface area contributed by atoms with E-state index >= 15 is 0 Å². The number of halogens is 1. The molecule has 2 amide bonds. The summed E-state index contributed by atoms with van der Waals surface area (Å²) in [6.07, 6.45) is 2.31. The number of rotatable bonds is 9. The molecule has 1 saturated heterocycles. The number of ether oxygens (including phenoxy) is 1. The maximum absolute atomic E-state index is 14.3. The van der Waals surface area contributed by atoms with Crippen LogP contribution in [0.2, 0.25) is 0 Å². The zero-order valence-electron chi connectivity index (χ0n) is 27.5. The SMILES string of the molecule is CC(C)(C)OC(O)C1CN(C(=O)[C@H](Cc2ccc(-c3ncc(-c4ccc(O)cc4F)cn3)cc2)NC(=O)c2ccc(C(C)(C)C)s2)C1. The van der Waals surface area contributed by atoms with E-state index in [4.69, 9.17) is 4.74 Å². The highest BCUT2D eigenvalue weighted by molar-refractivity contribution is 7.14. The molecule has 3 N–H and O–H groups in total. The van der Waals surface area contributed by atoms with E-state index in [0.717, 1.165) is 22.1 Å². The van der Waals surface area contributed by atoms with Gasteiger partial charge in [-0.05, 0) is 56.0 Å². The summed E-state index contributed by atoms with van der Waals surface area (Å²) < 4.78 is 20.0. The summed E-state index contributed by atoms with van der Waals surface area (Å²) >= 11 is 1.41. The first-order valence-corrected chi connectivity index (χ1v) is 16.3. The van der Waals surface area contributed by atoms with Gasteiger partial charge in [0.2, 0.25) is 5.91 Å². The Morgan fingerprint density at radius 1 is 1.00 bits per heavy atom. The summed E-state index contributed by atoms with van der Waals surface area (Å²) in [7, 11) is 0. The minimum Gasteiger partial charge on any atom is -0.508 e. The lowest BCUT2D eigenvalue weighted by Crippen LogP contribution is -2.60. The van der Waals surface area contributed by atoms with Crippen LogP contribution in [0, 0.1) is 11.7 Å². The number of hydrogen-bond acceptors (Lipinski definition) is 8. The minimum absolute atomic E-state index is 0.103. The number of likely N-dealkylation sites (tertiary alicyclic amines) is 1. The molecule has 3 heterocycles. The van der Waals surface area contributed by atoms with Crippen molar-refractivity contribution < 1.29 is 28.9 Å². The third kappa shape index (κ3) is 8.40. The number of carbonyl (C=O) groups is 2. The number of nitrogens with one attached hydrogen (secondary N) is 1. The van der Waals surface area contributed by atoms with Gasteiger partial charge in [0.1, 0.15) is 17.6 Å². The van der Waals surface area contributed by atoms with Crippen molar-refractivity contribution >= 4 is 23.2 Å². The summed E-state index contributed by atoms with van der Waals surface area (Å²) in [4.78, 5) is 39.1. The molecule has 2 aromatic heterocycles. The van der Waals surface area contributed by atoms with Gasteiger partial charge in [0.25, 0.3) is 5.91 Å². The number of aromatic hydroxyl groups is 1. The first-order valence-electron chi connectivity index (χ1n) is 15.5. The largest absolute Gasteiger partial charge is 0.508 e. The zero-order valence-corrected chi connectivity index (χ0v) is 28.3. The average molecular weight is 661 g/mol. The monoisotopic (exact) mass is 660 g/mol. The fraction of sp³-hybridized carbons (Fsp3) is 0.389. The van der Waals surface area contributed by atoms with Crippen molar-refractivity contribution in [3.8, 4) is 28.3 Å². The maximum atomic E-state index is 14.3. The molecule has 0 aliphatic carbocycles. The van der Waals surface area contributed by atoms with Gasteiger partial charge in [-0.25, -0.2) is 14.4 Å². The molecule has 11 heteroatoms. The number of benzene rings is 2. The van der Waals surface area contributed by atoms with E-state index in [1.54, 1.807) is 11.0 Å². The molecule has 1 aliphatic heterocycles. The van der Waals surface area contributed by atoms with Crippen LogP contribution in [0.3, 0.4) is 0 Å². The molecule has 248 valence electrons. The van der Waals surface area contributed by atoms with Gasteiger partial charge in [-0.3, -0.25) is 9.59 Å². The quantitative estimate of drug-likeness (QED) is 0.190. The Bertz CT molecular complexity index is 1720. The van der Waals surface area contributed by atoms with Gasteiger partial charge in [-0.2, -0.15) is 0 Å². The highest BCUT2D eigenvalue weighted by atomic mass is 32.1. The summed E-state index contributed by atoms with van der Waals surface area (Å²) in [6, 6.07) is 14.2. The van der Waals surface area contributed by atoms with Crippen molar-refractivity contribution in [1.82, 2.24) is 20.2 Å². The number of phenols is 1. The molecule has 0 radical (unpaired) electrons. The van der Waals surface area contributed by atoms with Crippen LogP contribution < -0.4 is 5.32 Å². The van der Waals surface area contributed by atoms with Gasteiger partial charge in [-0.15, -0.1) is 11.3 Å². The smallest absolute Gasteiger partial charge is 0.262 e. The second-order valence-corrected chi connectivity index (χ2v) is 15.0. The Balaban J connectivity index is 1.30. The van der Waals surface area contributed by atoms with Crippen molar-refractivity contribution in [2.75, 3.05) is 13.1 Å². The predicted molar refractivity (Wildman–Crippen MR) is 179 cm³/mol. The third-order valence-electron chi connectivity index (χ3n) is 7.84. The van der Waals surface area contributed by atoms with Gasteiger partial charge in [0.15, 0.2) is 12.1 Å². The highest BCUT2D eigenvalue weighted by Crippen LogP contribution is 2.30. The third-order valence-corrected chi connectivity index (χ3v) is 9.35. The van der Waals surface area contributed by atoms with E-state index in [1.165, 1.54) is 35.9 Å². The fourth-order valence-corrected chi connectivity index (χ4v) is 6.19. The van der Waals surface area contributed by atoms with Gasteiger partial charge in [-0.1, -0.05) is 45.0 Å². The highest BCUT2D eigenvalue weighted by Gasteiger charge is 2.40. The number of thiophene rings is 1. The molecule has 0 bridgehead atoms. The van der Waals surface area contributed by atoms with Crippen LogP contribution in [0.25, 0.3) is 22.5 Å². The van der Waals surface area contributed by atoms with Gasteiger partial charge in [0.05, 0.1) is 10.5 Å². The molecule has 1 fully saturated rings. The van der Waals surface area contributed by atoms with Crippen LogP contribution in [-0.4, -0.2) is 67.9 Å². The zero-order chi connectivity index (χ0) is 34.1. The molecule has 0 spiro atoms. The Morgan fingerprint density at radius 3 is 2.23 bits per heavy atom. The number of nitrogens with zero attached hydrogens (tertiary/aromatic N) is 3. The van der Waals surface area contributed by atoms with Crippen LogP contribution in [0.4, 0.5) is 4.39 Å². The maximum Gasteiger partial charge on any atom is 0.262 e. The van der Waals surface area contributed by atoms with E-state index < -0.39 is 23.8 Å². The summed E-state index contributed by atoms with van der Waals surface area (Å²) in [5, 5.41) is 22.9. The Hall–Kier alpha value is -4.19. The van der Waals surface area contributed by atoms with Gasteiger partial charge >= 0.3 is 0 Å². The van der Waals surface area contributed by atoms with E-state index in [9.17, 15) is 24.2 Å². The van der Waals surface area contributed by atoms with Crippen LogP contribution in [0.1, 0.15) is 61.7 Å². The minimum atomic E-state index is -0.988. The van der Waals surface area contributed by atoms with Crippen molar-refractivity contribution in [3.63, 3.8) is 0 Å². The standard InChI is InChI=1S/C36H41FN4O5S/c1-35(2,3)30-14-13-29(47-30)32(43)40-28(33(44)41-19-24(20-41)34(45)46-36(4,5)6)15-21-7-9-22(10-8-21)31-38-17-23(18-39-31)26-12-11-25(42)16-27(26)37/h7-14,16-18,24,28,34,42,45H,15,19-20H2,1-6H3,(H,40,43)/t28-,34?/m0/s1. The van der Waals surface area contributed by atoms with E-state index in [2.05, 4.69) is 36.1 Å². The Labute approximate surface area is 278 Å². The summed E-state index contributed by atoms with van der Waals surface area (Å²) in [6.45, 7) is 12.5.